The van der Waals surface area contributed by atoms with E-state index in [2.05, 4.69) is 33.1 Å². The number of rotatable bonds is 7. The van der Waals surface area contributed by atoms with E-state index < -0.39 is 0 Å². The van der Waals surface area contributed by atoms with Gasteiger partial charge in [0.2, 0.25) is 0 Å². The third kappa shape index (κ3) is 4.71. The van der Waals surface area contributed by atoms with Gasteiger partial charge in [-0.05, 0) is 30.7 Å². The first kappa shape index (κ1) is 17.3. The normalized spacial score (nSPS) is 18.2. The van der Waals surface area contributed by atoms with E-state index in [0.29, 0.717) is 0 Å². The largest absolute Gasteiger partial charge is 0.385 e. The molecule has 0 bridgehead atoms. The molecule has 0 atom stereocenters. The fraction of sp³-hybridized carbons (Fsp3) is 0.706. The molecule has 0 amide bonds. The highest BCUT2D eigenvalue weighted by Gasteiger charge is 2.34. The van der Waals surface area contributed by atoms with Crippen molar-refractivity contribution in [3.05, 3.63) is 22.4 Å². The lowest BCUT2D eigenvalue weighted by Gasteiger charge is -2.37. The molecule has 4 nitrogen and oxygen atoms in total. The van der Waals surface area contributed by atoms with Crippen LogP contribution in [0.3, 0.4) is 0 Å². The molecule has 1 aliphatic carbocycles. The van der Waals surface area contributed by atoms with Crippen molar-refractivity contribution in [2.45, 2.75) is 43.9 Å². The maximum Gasteiger partial charge on any atom is 0.191 e. The zero-order valence-electron chi connectivity index (χ0n) is 13.9. The summed E-state index contributed by atoms with van der Waals surface area (Å²) < 4.78 is 5.08. The summed E-state index contributed by atoms with van der Waals surface area (Å²) in [5.41, 5.74) is 0.288. The fourth-order valence-corrected chi connectivity index (χ4v) is 4.20. The highest BCUT2D eigenvalue weighted by atomic mass is 32.1. The second kappa shape index (κ2) is 9.16. The van der Waals surface area contributed by atoms with Crippen molar-refractivity contribution in [3.63, 3.8) is 0 Å². The van der Waals surface area contributed by atoms with E-state index >= 15 is 0 Å². The van der Waals surface area contributed by atoms with Crippen molar-refractivity contribution in [2.24, 2.45) is 4.99 Å². The van der Waals surface area contributed by atoms with E-state index in [-0.39, 0.29) is 5.41 Å². The van der Waals surface area contributed by atoms with Crippen LogP contribution in [-0.4, -0.2) is 39.8 Å². The molecular formula is C17H29N3OS. The Labute approximate surface area is 138 Å². The van der Waals surface area contributed by atoms with E-state index in [9.17, 15) is 0 Å². The Balaban J connectivity index is 1.90. The molecule has 1 fully saturated rings. The van der Waals surface area contributed by atoms with Crippen LogP contribution in [0.1, 0.15) is 43.4 Å². The number of nitrogens with one attached hydrogen (secondary N) is 2. The molecule has 1 aliphatic rings. The van der Waals surface area contributed by atoms with Gasteiger partial charge in [0, 0.05) is 44.1 Å². The second-order valence-electron chi connectivity index (χ2n) is 6.02. The number of hydrogen-bond donors (Lipinski definition) is 2. The molecule has 1 aromatic heterocycles. The van der Waals surface area contributed by atoms with Crippen molar-refractivity contribution in [1.29, 1.82) is 0 Å². The van der Waals surface area contributed by atoms with Crippen LogP contribution in [-0.2, 0) is 10.2 Å². The average molecular weight is 324 g/mol. The van der Waals surface area contributed by atoms with Crippen molar-refractivity contribution in [1.82, 2.24) is 10.6 Å². The van der Waals surface area contributed by atoms with Gasteiger partial charge in [0.1, 0.15) is 0 Å². The summed E-state index contributed by atoms with van der Waals surface area (Å²) in [6, 6.07) is 4.47. The maximum absolute atomic E-state index is 5.08. The maximum atomic E-state index is 5.08. The Morgan fingerprint density at radius 1 is 1.32 bits per heavy atom. The topological polar surface area (TPSA) is 45.7 Å². The van der Waals surface area contributed by atoms with Crippen LogP contribution in [0.4, 0.5) is 0 Å². The highest BCUT2D eigenvalue weighted by molar-refractivity contribution is 7.10. The number of methoxy groups -OCH3 is 1. The van der Waals surface area contributed by atoms with Crippen molar-refractivity contribution in [2.75, 3.05) is 33.9 Å². The van der Waals surface area contributed by atoms with Gasteiger partial charge in [0.25, 0.3) is 0 Å². The van der Waals surface area contributed by atoms with Gasteiger partial charge < -0.3 is 15.4 Å². The zero-order chi connectivity index (χ0) is 15.7. The quantitative estimate of drug-likeness (QED) is 0.460. The molecule has 2 rings (SSSR count). The van der Waals surface area contributed by atoms with Gasteiger partial charge in [-0.3, -0.25) is 4.99 Å². The van der Waals surface area contributed by atoms with Crippen LogP contribution in [0, 0.1) is 0 Å². The first-order valence-electron chi connectivity index (χ1n) is 8.28. The summed E-state index contributed by atoms with van der Waals surface area (Å²) in [7, 11) is 3.57. The Kier molecular flexibility index (Phi) is 7.19. The van der Waals surface area contributed by atoms with E-state index in [4.69, 9.17) is 4.74 Å². The van der Waals surface area contributed by atoms with Crippen LogP contribution in [0.15, 0.2) is 22.5 Å². The molecule has 22 heavy (non-hydrogen) atoms. The number of hydrogen-bond acceptors (Lipinski definition) is 3. The molecule has 1 saturated carbocycles. The summed E-state index contributed by atoms with van der Waals surface area (Å²) >= 11 is 1.90. The van der Waals surface area contributed by atoms with E-state index in [1.807, 2.05) is 18.4 Å². The molecule has 5 heteroatoms. The van der Waals surface area contributed by atoms with Crippen molar-refractivity contribution in [3.8, 4) is 0 Å². The molecule has 2 N–H and O–H groups in total. The third-order valence-corrected chi connectivity index (χ3v) is 5.61. The second-order valence-corrected chi connectivity index (χ2v) is 6.96. The van der Waals surface area contributed by atoms with Gasteiger partial charge in [0.05, 0.1) is 0 Å². The molecule has 0 unspecified atom stereocenters. The molecule has 0 saturated heterocycles. The fourth-order valence-electron chi connectivity index (χ4n) is 3.22. The zero-order valence-corrected chi connectivity index (χ0v) is 14.7. The lowest BCUT2D eigenvalue weighted by Crippen LogP contribution is -2.46. The minimum atomic E-state index is 0.288. The van der Waals surface area contributed by atoms with Crippen LogP contribution in [0.2, 0.25) is 0 Å². The lowest BCUT2D eigenvalue weighted by molar-refractivity contribution is 0.195. The molecule has 0 aromatic carbocycles. The standard InChI is InChI=1S/C17H29N3OS/c1-18-16(19-11-7-12-21-2)20-14-17(9-4-3-5-10-17)15-8-6-13-22-15/h6,8,13H,3-5,7,9-12,14H2,1-2H3,(H2,18,19,20). The van der Waals surface area contributed by atoms with Crippen LogP contribution in [0.5, 0.6) is 0 Å². The van der Waals surface area contributed by atoms with E-state index in [1.165, 1.54) is 37.0 Å². The lowest BCUT2D eigenvalue weighted by atomic mass is 9.73. The Bertz CT molecular complexity index is 439. The number of guanidine groups is 1. The third-order valence-electron chi connectivity index (χ3n) is 4.49. The molecule has 1 heterocycles. The van der Waals surface area contributed by atoms with Crippen molar-refractivity contribution < 1.29 is 4.74 Å². The molecular weight excluding hydrogens is 294 g/mol. The first-order valence-corrected chi connectivity index (χ1v) is 9.16. The van der Waals surface area contributed by atoms with Gasteiger partial charge in [-0.2, -0.15) is 0 Å². The number of ether oxygens (including phenoxy) is 1. The minimum Gasteiger partial charge on any atom is -0.385 e. The van der Waals surface area contributed by atoms with Crippen LogP contribution in [0.25, 0.3) is 0 Å². The summed E-state index contributed by atoms with van der Waals surface area (Å²) in [6.07, 6.45) is 7.59. The highest BCUT2D eigenvalue weighted by Crippen LogP contribution is 2.40. The summed E-state index contributed by atoms with van der Waals surface area (Å²) in [5.74, 6) is 0.901. The van der Waals surface area contributed by atoms with Crippen LogP contribution < -0.4 is 10.6 Å². The Morgan fingerprint density at radius 2 is 2.14 bits per heavy atom. The predicted molar refractivity (Wildman–Crippen MR) is 94.9 cm³/mol. The van der Waals surface area contributed by atoms with Crippen LogP contribution >= 0.6 is 11.3 Å². The molecule has 124 valence electrons. The number of nitrogens with zero attached hydrogens (tertiary/aromatic N) is 1. The summed E-state index contributed by atoms with van der Waals surface area (Å²) in [5, 5.41) is 9.12. The summed E-state index contributed by atoms with van der Waals surface area (Å²) in [4.78, 5) is 5.86. The van der Waals surface area contributed by atoms with E-state index in [1.54, 1.807) is 7.11 Å². The van der Waals surface area contributed by atoms with Gasteiger partial charge in [0.15, 0.2) is 5.96 Å². The average Bonchev–Trinajstić information content (AvgIpc) is 3.10. The van der Waals surface area contributed by atoms with Gasteiger partial charge in [-0.15, -0.1) is 11.3 Å². The summed E-state index contributed by atoms with van der Waals surface area (Å²) in [6.45, 7) is 2.64. The predicted octanol–water partition coefficient (Wildman–Crippen LogP) is 3.15. The Morgan fingerprint density at radius 3 is 2.77 bits per heavy atom. The monoisotopic (exact) mass is 323 g/mol. The molecule has 0 aliphatic heterocycles. The molecule has 0 radical (unpaired) electrons. The first-order chi connectivity index (χ1) is 10.8. The SMILES string of the molecule is CN=C(NCCCOC)NCC1(c2cccs2)CCCCC1. The number of thiophene rings is 1. The van der Waals surface area contributed by atoms with Gasteiger partial charge >= 0.3 is 0 Å². The minimum absolute atomic E-state index is 0.288. The van der Waals surface area contributed by atoms with Crippen molar-refractivity contribution >= 4 is 17.3 Å². The molecule has 1 aromatic rings. The smallest absolute Gasteiger partial charge is 0.191 e. The number of aliphatic imine (C=N–C) groups is 1. The Hall–Kier alpha value is -1.07. The van der Waals surface area contributed by atoms with Gasteiger partial charge in [-0.1, -0.05) is 25.3 Å². The molecule has 0 spiro atoms. The van der Waals surface area contributed by atoms with Gasteiger partial charge in [-0.25, -0.2) is 0 Å². The van der Waals surface area contributed by atoms with E-state index in [0.717, 1.165) is 32.1 Å².